The molecule has 0 saturated carbocycles. The zero-order valence-corrected chi connectivity index (χ0v) is 83.7. The van der Waals surface area contributed by atoms with Gasteiger partial charge in [0.2, 0.25) is 0 Å². The second-order valence-corrected chi connectivity index (χ2v) is 41.0. The lowest BCUT2D eigenvalue weighted by Gasteiger charge is -2.27. The maximum Gasteiger partial charge on any atom is 0.416 e. The van der Waals surface area contributed by atoms with E-state index in [9.17, 15) is 13.2 Å². The summed E-state index contributed by atoms with van der Waals surface area (Å²) >= 11 is 0. The number of nitrogens with zero attached hydrogens (tertiary/aromatic N) is 4. The zero-order chi connectivity index (χ0) is 97.8. The van der Waals surface area contributed by atoms with Gasteiger partial charge in [-0.15, -0.1) is 0 Å². The van der Waals surface area contributed by atoms with E-state index in [0.717, 1.165) is 334 Å². The van der Waals surface area contributed by atoms with E-state index in [1.165, 1.54) is 12.1 Å². The van der Waals surface area contributed by atoms with Crippen molar-refractivity contribution >= 4 is 194 Å². The second-order valence-electron chi connectivity index (χ2n) is 41.0. The van der Waals surface area contributed by atoms with Gasteiger partial charge in [0.1, 0.15) is 0 Å². The summed E-state index contributed by atoms with van der Waals surface area (Å²) in [5, 5.41) is 25.0. The van der Waals surface area contributed by atoms with Crippen LogP contribution >= 0.6 is 0 Å². The van der Waals surface area contributed by atoms with E-state index in [1.807, 2.05) is 24.3 Å². The van der Waals surface area contributed by atoms with E-state index in [1.54, 1.807) is 24.3 Å². The van der Waals surface area contributed by atoms with Crippen LogP contribution in [0.1, 0.15) is 343 Å². The first kappa shape index (κ1) is 97.0. The van der Waals surface area contributed by atoms with Gasteiger partial charge in [0.25, 0.3) is 44.5 Å². The van der Waals surface area contributed by atoms with Crippen molar-refractivity contribution in [1.82, 2.24) is 18.3 Å². The van der Waals surface area contributed by atoms with Crippen molar-refractivity contribution in [3.05, 3.63) is 216 Å². The number of hydrogen-bond acceptors (Lipinski definition) is 10. The van der Waals surface area contributed by atoms with E-state index in [0.29, 0.717) is 141 Å². The Hall–Kier alpha value is -11.9. The lowest BCUT2D eigenvalue weighted by Crippen LogP contribution is -2.37. The van der Waals surface area contributed by atoms with Crippen molar-refractivity contribution < 1.29 is 22.6 Å². The molecule has 0 N–H and O–H groups in total. The van der Waals surface area contributed by atoms with Crippen LogP contribution in [0.4, 0.5) is 13.2 Å². The molecule has 0 atom stereocenters. The summed E-state index contributed by atoms with van der Waals surface area (Å²) in [5.41, 5.74) is -3.07. The van der Waals surface area contributed by atoms with Gasteiger partial charge >= 0.3 is 6.18 Å². The van der Waals surface area contributed by atoms with Crippen LogP contribution in [0.15, 0.2) is 166 Å². The molecule has 0 radical (unpaired) electrons. The van der Waals surface area contributed by atoms with Gasteiger partial charge in [-0.3, -0.25) is 56.6 Å². The Bertz CT molecular complexity index is 8000. The van der Waals surface area contributed by atoms with Gasteiger partial charge < -0.3 is 9.47 Å². The first-order valence-corrected chi connectivity index (χ1v) is 53.8. The van der Waals surface area contributed by atoms with Crippen LogP contribution in [0.25, 0.3) is 194 Å². The van der Waals surface area contributed by atoms with Gasteiger partial charge in [-0.05, 0) is 233 Å². The van der Waals surface area contributed by atoms with Crippen molar-refractivity contribution in [3.8, 4) is 11.5 Å². The number of unbranched alkanes of at least 4 members (excludes halogenated alkanes) is 20. The molecule has 4 heterocycles. The van der Waals surface area contributed by atoms with Crippen LogP contribution in [0, 0.1) is 0 Å². The number of ether oxygens (including phenoxy) is 2. The van der Waals surface area contributed by atoms with Gasteiger partial charge in [-0.25, -0.2) is 0 Å². The molecule has 0 unspecified atom stereocenters. The van der Waals surface area contributed by atoms with Crippen molar-refractivity contribution in [2.45, 2.75) is 344 Å². The minimum absolute atomic E-state index is 0.288. The number of halogens is 3. The predicted molar refractivity (Wildman–Crippen MR) is 584 cm³/mol. The quantitative estimate of drug-likeness (QED) is 0.0203. The molecule has 20 aromatic rings. The first-order valence-electron chi connectivity index (χ1n) is 53.8. The molecule has 16 aromatic carbocycles. The molecular weight excluding hydrogens is 1750 g/mol. The summed E-state index contributed by atoms with van der Waals surface area (Å²) in [6.07, 6.45) is 29.1. The number of fused-ring (bicyclic) bond motifs is 13. The smallest absolute Gasteiger partial charge is 0.416 e. The largest absolute Gasteiger partial charge is 0.489 e. The Morgan fingerprint density at radius 1 is 0.207 bits per heavy atom. The lowest BCUT2D eigenvalue weighted by molar-refractivity contribution is -0.137. The van der Waals surface area contributed by atoms with Crippen molar-refractivity contribution in [1.29, 1.82) is 0 Å². The molecule has 17 heteroatoms. The fraction of sp³-hybridized carbons (Fsp3) is 0.447. The molecule has 0 saturated heterocycles. The highest BCUT2D eigenvalue weighted by atomic mass is 19.4. The molecule has 0 amide bonds. The van der Waals surface area contributed by atoms with Gasteiger partial charge in [0.15, 0.2) is 11.5 Å². The van der Waals surface area contributed by atoms with E-state index in [-0.39, 0.29) is 68.6 Å². The maximum absolute atomic E-state index is 17.0. The summed E-state index contributed by atoms with van der Waals surface area (Å²) in [4.78, 5) is 132. The number of rotatable bonds is 46. The number of benzene rings is 16. The Kier molecular flexibility index (Phi) is 28.4. The number of pyridine rings is 4. The number of alkyl halides is 3. The molecule has 14 nitrogen and oxygen atoms in total. The van der Waals surface area contributed by atoms with E-state index < -0.39 is 11.7 Å². The average Bonchev–Trinajstić information content (AvgIpc) is 0.661. The second kappa shape index (κ2) is 41.0. The molecule has 0 fully saturated rings. The van der Waals surface area contributed by atoms with Crippen LogP contribution in [0.3, 0.4) is 0 Å². The van der Waals surface area contributed by atoms with E-state index in [2.05, 4.69) is 142 Å². The summed E-state index contributed by atoms with van der Waals surface area (Å²) in [6, 6.07) is 38.2. The molecule has 728 valence electrons. The van der Waals surface area contributed by atoms with Crippen molar-refractivity contribution in [2.75, 3.05) is 13.2 Å². The molecule has 0 aliphatic heterocycles. The van der Waals surface area contributed by atoms with Gasteiger partial charge in [-0.1, -0.05) is 316 Å². The number of hydrogen-bond donors (Lipinski definition) is 0. The fourth-order valence-corrected chi connectivity index (χ4v) is 25.1. The molecule has 0 aliphatic rings. The molecule has 0 bridgehead atoms. The third-order valence-electron chi connectivity index (χ3n) is 32.0. The highest BCUT2D eigenvalue weighted by Gasteiger charge is 2.37. The van der Waals surface area contributed by atoms with Crippen LogP contribution in [-0.2, 0) is 6.18 Å². The van der Waals surface area contributed by atoms with Gasteiger partial charge in [0, 0.05) is 110 Å². The van der Waals surface area contributed by atoms with Gasteiger partial charge in [0.05, 0.1) is 18.8 Å². The monoisotopic (exact) mass is 1890 g/mol. The molecule has 0 spiro atoms. The lowest BCUT2D eigenvalue weighted by atomic mass is 9.78. The third-order valence-corrected chi connectivity index (χ3v) is 32.0. The SMILES string of the molecule is CCCCCOc1c(OCCCCC)c2ccc3c4cc5c(=O)n(C(CCCCC)CCCCC)c(=O)c6ccc7c8ccc9c(=O)n(C(CCCCC)CCCCC)c(=O)c%10cc(c3c2c2c1ccc1c3cc%11c(=O)n(C(CCCCC)CCCCC)c(=O)c%12ccc%13c%14ccc%15c(=O)n(C(CCCCC)CCCCC)c(=O)c%16cc(c12)c(c%14c%15%16)c3c%13c%12%11)c(c8c9%10)c4c7c65.FC(F)(F)c1ccccc1. The molecule has 0 aliphatic carbocycles. The van der Waals surface area contributed by atoms with Crippen molar-refractivity contribution in [3.63, 3.8) is 0 Å². The molecule has 4 aromatic heterocycles. The summed E-state index contributed by atoms with van der Waals surface area (Å²) in [6.45, 7) is 22.6. The minimum Gasteiger partial charge on any atom is -0.489 e. The third kappa shape index (κ3) is 16.3. The van der Waals surface area contributed by atoms with E-state index >= 15 is 38.4 Å². The normalized spacial score (nSPS) is 12.8. The minimum atomic E-state index is -4.21. The molecule has 20 rings (SSSR count). The standard InChI is InChI=1S/C116H130N4O10.C7H5F3/c1-11-21-31-41-67(42-32-22-12-2)117-109(121)79-57-51-71-73-53-59-81-95-89(115(127)119(111(81)123)69(45-35-25-15-5)46-36-26-16-6)65-85-91-75(83-63-87(113(117)125)93(79)97(71)103(83)105(85)99(73)95)49-55-77-101(91)102-78(108(130-62-40-30-20-10)107(77)129-61-39-29-19-9)56-50-76-84-64-88-94-80(110(122)118(114(88)126)68(43-33-23-13-3)44-34-24-14-4)58-52-72-74-54-60-82-96-90(66-86(92(76)102)106(100(74)96)104(84)98(72)94)116(128)120(112(82)124)70(47-37-27-17-7)48-38-28-18-8;8-7(9,10)6-4-2-1-3-5-6/h49-60,63-70H,11-48,61-62H2,1-10H3;1-5H. The highest BCUT2D eigenvalue weighted by Crippen LogP contribution is 2.59. The Morgan fingerprint density at radius 3 is 0.629 bits per heavy atom. The fourth-order valence-electron chi connectivity index (χ4n) is 25.1. The van der Waals surface area contributed by atoms with Gasteiger partial charge in [-0.2, -0.15) is 13.2 Å². The molecular formula is C123H135F3N4O10. The Labute approximate surface area is 813 Å². The van der Waals surface area contributed by atoms with Crippen LogP contribution in [0.5, 0.6) is 11.5 Å². The zero-order valence-electron chi connectivity index (χ0n) is 83.7. The summed E-state index contributed by atoms with van der Waals surface area (Å²) in [5.74, 6) is 1.13. The van der Waals surface area contributed by atoms with Crippen LogP contribution in [-0.4, -0.2) is 31.5 Å². The highest BCUT2D eigenvalue weighted by molar-refractivity contribution is 6.55. The Morgan fingerprint density at radius 2 is 0.393 bits per heavy atom. The van der Waals surface area contributed by atoms with Crippen molar-refractivity contribution in [2.24, 2.45) is 0 Å². The topological polar surface area (TPSA) is 175 Å². The summed E-state index contributed by atoms with van der Waals surface area (Å²) in [7, 11) is 0. The molecule has 140 heavy (non-hydrogen) atoms. The predicted octanol–water partition coefficient (Wildman–Crippen LogP) is 32.7. The van der Waals surface area contributed by atoms with E-state index in [4.69, 9.17) is 9.47 Å². The maximum atomic E-state index is 17.0. The van der Waals surface area contributed by atoms with Crippen LogP contribution in [0.2, 0.25) is 0 Å². The first-order chi connectivity index (χ1) is 68.2. The van der Waals surface area contributed by atoms with Crippen LogP contribution < -0.4 is 53.9 Å². The number of aromatic nitrogens is 4. The average molecular weight is 1890 g/mol. The Balaban J connectivity index is 0.00000118. The summed E-state index contributed by atoms with van der Waals surface area (Å²) < 4.78 is 57.0.